The summed E-state index contributed by atoms with van der Waals surface area (Å²) in [5.74, 6) is -0.881. The van der Waals surface area contributed by atoms with Crippen LogP contribution in [0.3, 0.4) is 0 Å². The van der Waals surface area contributed by atoms with Crippen LogP contribution in [0.4, 0.5) is 4.79 Å². The topological polar surface area (TPSA) is 98.8 Å². The van der Waals surface area contributed by atoms with Crippen molar-refractivity contribution in [2.75, 3.05) is 32.7 Å². The Morgan fingerprint density at radius 2 is 1.61 bits per heavy atom. The second-order valence-corrected chi connectivity index (χ2v) is 7.04. The zero-order chi connectivity index (χ0) is 20.8. The first-order valence-electron chi connectivity index (χ1n) is 9.61. The zero-order valence-electron chi connectivity index (χ0n) is 16.9. The fraction of sp³-hybridized carbons (Fsp3) is 0.500. The Morgan fingerprint density at radius 1 is 1.00 bits per heavy atom. The van der Waals surface area contributed by atoms with Gasteiger partial charge in [0.15, 0.2) is 0 Å². The molecule has 2 N–H and O–H groups in total. The first-order chi connectivity index (χ1) is 13.3. The van der Waals surface area contributed by atoms with Crippen molar-refractivity contribution in [3.05, 3.63) is 34.9 Å². The van der Waals surface area contributed by atoms with Crippen molar-refractivity contribution in [2.45, 2.75) is 27.7 Å². The number of carbonyl (C=O) groups excluding carboxylic acids is 4. The van der Waals surface area contributed by atoms with Gasteiger partial charge in [-0.15, -0.1) is 0 Å². The second-order valence-electron chi connectivity index (χ2n) is 7.04. The average Bonchev–Trinajstić information content (AvgIpc) is 2.90. The summed E-state index contributed by atoms with van der Waals surface area (Å²) < 4.78 is 0. The number of benzene rings is 1. The molecule has 0 spiro atoms. The van der Waals surface area contributed by atoms with Crippen molar-refractivity contribution in [1.82, 2.24) is 20.4 Å². The molecule has 1 aliphatic heterocycles. The molecule has 0 fully saturated rings. The van der Waals surface area contributed by atoms with Crippen molar-refractivity contribution in [1.29, 1.82) is 0 Å². The molecule has 0 bridgehead atoms. The summed E-state index contributed by atoms with van der Waals surface area (Å²) >= 11 is 0. The lowest BCUT2D eigenvalue weighted by molar-refractivity contribution is 0.0636. The first kappa shape index (κ1) is 21.4. The summed E-state index contributed by atoms with van der Waals surface area (Å²) in [4.78, 5) is 51.9. The van der Waals surface area contributed by atoms with E-state index >= 15 is 0 Å². The Kier molecular flexibility index (Phi) is 7.14. The summed E-state index contributed by atoms with van der Waals surface area (Å²) in [6.45, 7) is 9.79. The largest absolute Gasteiger partial charge is 0.350 e. The Labute approximate surface area is 165 Å². The van der Waals surface area contributed by atoms with Gasteiger partial charge in [-0.3, -0.25) is 19.3 Å². The van der Waals surface area contributed by atoms with E-state index in [4.69, 9.17) is 0 Å². The van der Waals surface area contributed by atoms with Crippen LogP contribution in [0.25, 0.3) is 0 Å². The van der Waals surface area contributed by atoms with Gasteiger partial charge in [-0.2, -0.15) is 0 Å². The Bertz CT molecular complexity index is 771. The second kappa shape index (κ2) is 9.34. The molecule has 152 valence electrons. The van der Waals surface area contributed by atoms with E-state index in [0.29, 0.717) is 37.3 Å². The molecule has 0 radical (unpaired) electrons. The van der Waals surface area contributed by atoms with E-state index in [1.54, 1.807) is 4.90 Å². The standard InChI is InChI=1S/C20H28N4O4/c1-5-23(6-2)20(28)22-10-9-21-17(25)14-7-8-15-16(11-14)19(27)24(18(15)26)12-13(3)4/h7-8,11,13H,5-6,9-10,12H2,1-4H3,(H,21,25)(H,22,28). The van der Waals surface area contributed by atoms with Crippen molar-refractivity contribution in [3.8, 4) is 0 Å². The maximum absolute atomic E-state index is 12.5. The van der Waals surface area contributed by atoms with Gasteiger partial charge in [-0.05, 0) is 38.0 Å². The van der Waals surface area contributed by atoms with E-state index in [9.17, 15) is 19.2 Å². The predicted octanol–water partition coefficient (Wildman–Crippen LogP) is 1.72. The smallest absolute Gasteiger partial charge is 0.317 e. The van der Waals surface area contributed by atoms with Crippen LogP contribution < -0.4 is 10.6 Å². The van der Waals surface area contributed by atoms with Gasteiger partial charge >= 0.3 is 6.03 Å². The fourth-order valence-electron chi connectivity index (χ4n) is 3.03. The van der Waals surface area contributed by atoms with Crippen LogP contribution in [-0.4, -0.2) is 66.3 Å². The molecular formula is C20H28N4O4. The van der Waals surface area contributed by atoms with E-state index in [0.717, 1.165) is 0 Å². The average molecular weight is 388 g/mol. The summed E-state index contributed by atoms with van der Waals surface area (Å²) in [5, 5.41) is 5.44. The van der Waals surface area contributed by atoms with Crippen LogP contribution in [-0.2, 0) is 0 Å². The lowest BCUT2D eigenvalue weighted by Gasteiger charge is -2.19. The highest BCUT2D eigenvalue weighted by atomic mass is 16.2. The molecule has 8 heteroatoms. The maximum atomic E-state index is 12.5. The molecule has 0 aliphatic carbocycles. The highest BCUT2D eigenvalue weighted by molar-refractivity contribution is 6.22. The van der Waals surface area contributed by atoms with Crippen LogP contribution in [0, 0.1) is 5.92 Å². The number of urea groups is 1. The predicted molar refractivity (Wildman–Crippen MR) is 105 cm³/mol. The minimum absolute atomic E-state index is 0.163. The summed E-state index contributed by atoms with van der Waals surface area (Å²) in [7, 11) is 0. The van der Waals surface area contributed by atoms with E-state index in [1.807, 2.05) is 27.7 Å². The van der Waals surface area contributed by atoms with E-state index < -0.39 is 0 Å². The first-order valence-corrected chi connectivity index (χ1v) is 9.61. The zero-order valence-corrected chi connectivity index (χ0v) is 16.9. The Balaban J connectivity index is 1.95. The highest BCUT2D eigenvalue weighted by Crippen LogP contribution is 2.24. The minimum atomic E-state index is -0.366. The molecule has 0 atom stereocenters. The minimum Gasteiger partial charge on any atom is -0.350 e. The summed E-state index contributed by atoms with van der Waals surface area (Å²) in [5.41, 5.74) is 0.892. The molecule has 1 aliphatic rings. The molecular weight excluding hydrogens is 360 g/mol. The van der Waals surface area contributed by atoms with Gasteiger partial charge < -0.3 is 15.5 Å². The fourth-order valence-corrected chi connectivity index (χ4v) is 3.03. The van der Waals surface area contributed by atoms with Crippen LogP contribution in [0.2, 0.25) is 0 Å². The van der Waals surface area contributed by atoms with E-state index in [1.165, 1.54) is 23.1 Å². The van der Waals surface area contributed by atoms with Gasteiger partial charge in [-0.1, -0.05) is 13.8 Å². The van der Waals surface area contributed by atoms with Gasteiger partial charge in [-0.25, -0.2) is 4.79 Å². The molecule has 0 saturated carbocycles. The van der Waals surface area contributed by atoms with Crippen molar-refractivity contribution in [3.63, 3.8) is 0 Å². The van der Waals surface area contributed by atoms with Gasteiger partial charge in [0, 0.05) is 38.3 Å². The molecule has 0 unspecified atom stereocenters. The van der Waals surface area contributed by atoms with E-state index in [-0.39, 0.29) is 41.8 Å². The van der Waals surface area contributed by atoms with Crippen LogP contribution in [0.5, 0.6) is 0 Å². The van der Waals surface area contributed by atoms with Crippen molar-refractivity contribution in [2.24, 2.45) is 5.92 Å². The third-order valence-electron chi connectivity index (χ3n) is 4.52. The quantitative estimate of drug-likeness (QED) is 0.523. The molecule has 8 nitrogen and oxygen atoms in total. The molecule has 28 heavy (non-hydrogen) atoms. The number of hydrogen-bond donors (Lipinski definition) is 2. The number of rotatable bonds is 8. The molecule has 2 rings (SSSR count). The molecule has 1 aromatic carbocycles. The molecule has 1 heterocycles. The number of hydrogen-bond acceptors (Lipinski definition) is 4. The lowest BCUT2D eigenvalue weighted by Crippen LogP contribution is -2.42. The SMILES string of the molecule is CCN(CC)C(=O)NCCNC(=O)c1ccc2c(c1)C(=O)N(CC(C)C)C2=O. The van der Waals surface area contributed by atoms with Gasteiger partial charge in [0.1, 0.15) is 0 Å². The molecule has 5 amide bonds. The van der Waals surface area contributed by atoms with Crippen LogP contribution >= 0.6 is 0 Å². The molecule has 0 saturated heterocycles. The number of carbonyl (C=O) groups is 4. The third kappa shape index (κ3) is 4.68. The number of amides is 5. The molecule has 0 aromatic heterocycles. The van der Waals surface area contributed by atoms with Gasteiger partial charge in [0.2, 0.25) is 0 Å². The van der Waals surface area contributed by atoms with Crippen molar-refractivity contribution >= 4 is 23.8 Å². The normalized spacial score (nSPS) is 13.0. The van der Waals surface area contributed by atoms with E-state index in [2.05, 4.69) is 10.6 Å². The van der Waals surface area contributed by atoms with Gasteiger partial charge in [0.05, 0.1) is 11.1 Å². The van der Waals surface area contributed by atoms with Crippen molar-refractivity contribution < 1.29 is 19.2 Å². The van der Waals surface area contributed by atoms with Crippen LogP contribution in [0.15, 0.2) is 18.2 Å². The Hall–Kier alpha value is -2.90. The molecule has 1 aromatic rings. The highest BCUT2D eigenvalue weighted by Gasteiger charge is 2.36. The number of nitrogens with one attached hydrogen (secondary N) is 2. The number of fused-ring (bicyclic) bond motifs is 1. The summed E-state index contributed by atoms with van der Waals surface area (Å²) in [6, 6.07) is 4.34. The third-order valence-corrected chi connectivity index (χ3v) is 4.52. The van der Waals surface area contributed by atoms with Crippen LogP contribution in [0.1, 0.15) is 58.8 Å². The number of nitrogens with zero attached hydrogens (tertiary/aromatic N) is 2. The van der Waals surface area contributed by atoms with Gasteiger partial charge in [0.25, 0.3) is 17.7 Å². The maximum Gasteiger partial charge on any atom is 0.317 e. The monoisotopic (exact) mass is 388 g/mol. The lowest BCUT2D eigenvalue weighted by atomic mass is 10.1. The Morgan fingerprint density at radius 3 is 2.21 bits per heavy atom. The number of imide groups is 1. The summed E-state index contributed by atoms with van der Waals surface area (Å²) in [6.07, 6.45) is 0.